The Morgan fingerprint density at radius 2 is 2.09 bits per heavy atom. The monoisotopic (exact) mass is 318 g/mol. The summed E-state index contributed by atoms with van der Waals surface area (Å²) in [6.45, 7) is 2.55. The lowest BCUT2D eigenvalue weighted by atomic mass is 9.97. The van der Waals surface area contributed by atoms with Crippen LogP contribution in [-0.2, 0) is 14.3 Å². The van der Waals surface area contributed by atoms with Crippen LogP contribution < -0.4 is 4.90 Å². The Labute approximate surface area is 135 Å². The van der Waals surface area contributed by atoms with Crippen LogP contribution in [0.15, 0.2) is 28.7 Å². The van der Waals surface area contributed by atoms with Crippen LogP contribution in [0.2, 0.25) is 0 Å². The minimum atomic E-state index is -0.0988. The Morgan fingerprint density at radius 3 is 2.83 bits per heavy atom. The second kappa shape index (κ2) is 7.46. The van der Waals surface area contributed by atoms with Crippen molar-refractivity contribution in [2.24, 2.45) is 5.92 Å². The summed E-state index contributed by atoms with van der Waals surface area (Å²) < 4.78 is 16.0. The lowest BCUT2D eigenvalue weighted by molar-refractivity contribution is -0.149. The van der Waals surface area contributed by atoms with Crippen molar-refractivity contribution in [3.8, 4) is 0 Å². The summed E-state index contributed by atoms with van der Waals surface area (Å²) in [6.07, 6.45) is 2.27. The number of benzene rings is 1. The van der Waals surface area contributed by atoms with Gasteiger partial charge in [0.1, 0.15) is 5.52 Å². The molecule has 0 unspecified atom stereocenters. The van der Waals surface area contributed by atoms with Gasteiger partial charge < -0.3 is 18.8 Å². The normalized spacial score (nSPS) is 16.0. The number of anilines is 1. The zero-order valence-corrected chi connectivity index (χ0v) is 13.4. The number of carbonyl (C=O) groups excluding carboxylic acids is 1. The SMILES string of the molecule is COCCCOC(=O)C1CCN(c2nc3ccccc3o2)CC1. The van der Waals surface area contributed by atoms with Gasteiger partial charge in [0.2, 0.25) is 0 Å². The molecule has 0 bridgehead atoms. The summed E-state index contributed by atoms with van der Waals surface area (Å²) >= 11 is 0. The molecule has 1 aromatic heterocycles. The number of carbonyl (C=O) groups is 1. The third-order valence-electron chi connectivity index (χ3n) is 4.12. The average molecular weight is 318 g/mol. The van der Waals surface area contributed by atoms with Crippen molar-refractivity contribution in [1.29, 1.82) is 0 Å². The molecule has 6 heteroatoms. The summed E-state index contributed by atoms with van der Waals surface area (Å²) in [5.41, 5.74) is 1.66. The topological polar surface area (TPSA) is 64.8 Å². The first-order chi connectivity index (χ1) is 11.3. The Balaban J connectivity index is 1.50. The largest absolute Gasteiger partial charge is 0.465 e. The number of rotatable bonds is 6. The van der Waals surface area contributed by atoms with Crippen LogP contribution in [-0.4, -0.2) is 44.4 Å². The van der Waals surface area contributed by atoms with Crippen molar-refractivity contribution in [2.75, 3.05) is 38.3 Å². The van der Waals surface area contributed by atoms with Gasteiger partial charge in [-0.3, -0.25) is 4.79 Å². The molecule has 1 aromatic carbocycles. The van der Waals surface area contributed by atoms with Crippen LogP contribution in [0.1, 0.15) is 19.3 Å². The van der Waals surface area contributed by atoms with Gasteiger partial charge in [0, 0.05) is 33.2 Å². The number of esters is 1. The van der Waals surface area contributed by atoms with Crippen LogP contribution in [0.25, 0.3) is 11.1 Å². The first-order valence-electron chi connectivity index (χ1n) is 8.04. The maximum atomic E-state index is 12.0. The van der Waals surface area contributed by atoms with Gasteiger partial charge in [0.05, 0.1) is 12.5 Å². The maximum Gasteiger partial charge on any atom is 0.309 e. The highest BCUT2D eigenvalue weighted by Crippen LogP contribution is 2.26. The van der Waals surface area contributed by atoms with E-state index in [9.17, 15) is 4.79 Å². The molecule has 0 radical (unpaired) electrons. The van der Waals surface area contributed by atoms with Crippen LogP contribution in [0, 0.1) is 5.92 Å². The van der Waals surface area contributed by atoms with E-state index in [4.69, 9.17) is 13.9 Å². The van der Waals surface area contributed by atoms with E-state index in [0.29, 0.717) is 19.2 Å². The Bertz CT molecular complexity index is 614. The fourth-order valence-corrected chi connectivity index (χ4v) is 2.80. The number of ether oxygens (including phenoxy) is 2. The van der Waals surface area contributed by atoms with E-state index in [2.05, 4.69) is 9.88 Å². The molecule has 23 heavy (non-hydrogen) atoms. The lowest BCUT2D eigenvalue weighted by Crippen LogP contribution is -2.37. The Kier molecular flexibility index (Phi) is 5.12. The van der Waals surface area contributed by atoms with Crippen molar-refractivity contribution in [3.05, 3.63) is 24.3 Å². The first-order valence-corrected chi connectivity index (χ1v) is 8.04. The first kappa shape index (κ1) is 15.8. The molecular formula is C17H22N2O4. The van der Waals surface area contributed by atoms with Gasteiger partial charge >= 0.3 is 5.97 Å². The number of hydrogen-bond donors (Lipinski definition) is 0. The molecule has 0 atom stereocenters. The molecule has 1 saturated heterocycles. The molecule has 2 heterocycles. The third-order valence-corrected chi connectivity index (χ3v) is 4.12. The molecule has 0 N–H and O–H groups in total. The predicted molar refractivity (Wildman–Crippen MR) is 86.4 cm³/mol. The fraction of sp³-hybridized carbons (Fsp3) is 0.529. The summed E-state index contributed by atoms with van der Waals surface area (Å²) in [5, 5.41) is 0. The molecular weight excluding hydrogens is 296 g/mol. The van der Waals surface area contributed by atoms with Crippen LogP contribution in [0.3, 0.4) is 0 Å². The van der Waals surface area contributed by atoms with Gasteiger partial charge in [-0.1, -0.05) is 12.1 Å². The van der Waals surface area contributed by atoms with Gasteiger partial charge in [0.15, 0.2) is 5.58 Å². The minimum absolute atomic E-state index is 0.0295. The summed E-state index contributed by atoms with van der Waals surface area (Å²) in [7, 11) is 1.64. The van der Waals surface area contributed by atoms with E-state index in [1.54, 1.807) is 7.11 Å². The lowest BCUT2D eigenvalue weighted by Gasteiger charge is -2.29. The molecule has 0 saturated carbocycles. The smallest absolute Gasteiger partial charge is 0.309 e. The van der Waals surface area contributed by atoms with Gasteiger partial charge in [-0.2, -0.15) is 4.98 Å². The molecule has 0 spiro atoms. The highest BCUT2D eigenvalue weighted by atomic mass is 16.5. The van der Waals surface area contributed by atoms with E-state index >= 15 is 0 Å². The zero-order valence-electron chi connectivity index (χ0n) is 13.4. The van der Waals surface area contributed by atoms with Gasteiger partial charge in [0.25, 0.3) is 6.01 Å². The number of para-hydroxylation sites is 2. The van der Waals surface area contributed by atoms with Crippen LogP contribution in [0.5, 0.6) is 0 Å². The highest BCUT2D eigenvalue weighted by molar-refractivity contribution is 5.75. The summed E-state index contributed by atoms with van der Waals surface area (Å²) in [5.74, 6) is -0.128. The van der Waals surface area contributed by atoms with E-state index < -0.39 is 0 Å². The van der Waals surface area contributed by atoms with Gasteiger partial charge in [-0.05, 0) is 25.0 Å². The zero-order chi connectivity index (χ0) is 16.1. The minimum Gasteiger partial charge on any atom is -0.465 e. The van der Waals surface area contributed by atoms with Gasteiger partial charge in [-0.25, -0.2) is 0 Å². The second-order valence-corrected chi connectivity index (χ2v) is 5.74. The molecule has 1 aliphatic heterocycles. The van der Waals surface area contributed by atoms with Crippen molar-refractivity contribution >= 4 is 23.1 Å². The molecule has 124 valence electrons. The molecule has 2 aromatic rings. The van der Waals surface area contributed by atoms with E-state index in [0.717, 1.165) is 43.5 Å². The standard InChI is InChI=1S/C17H22N2O4/c1-21-11-4-12-22-16(20)13-7-9-19(10-8-13)17-18-14-5-2-3-6-15(14)23-17/h2-3,5-6,13H,4,7-12H2,1H3. The quantitative estimate of drug-likeness (QED) is 0.602. The number of aromatic nitrogens is 1. The van der Waals surface area contributed by atoms with Crippen LogP contribution >= 0.6 is 0 Å². The van der Waals surface area contributed by atoms with Crippen molar-refractivity contribution in [3.63, 3.8) is 0 Å². The van der Waals surface area contributed by atoms with E-state index in [1.165, 1.54) is 0 Å². The second-order valence-electron chi connectivity index (χ2n) is 5.74. The maximum absolute atomic E-state index is 12.0. The number of fused-ring (bicyclic) bond motifs is 1. The van der Waals surface area contributed by atoms with Crippen molar-refractivity contribution in [2.45, 2.75) is 19.3 Å². The highest BCUT2D eigenvalue weighted by Gasteiger charge is 2.28. The molecule has 3 rings (SSSR count). The van der Waals surface area contributed by atoms with E-state index in [-0.39, 0.29) is 11.9 Å². The van der Waals surface area contributed by atoms with Crippen molar-refractivity contribution < 1.29 is 18.7 Å². The molecule has 1 fully saturated rings. The third kappa shape index (κ3) is 3.82. The molecule has 6 nitrogen and oxygen atoms in total. The number of nitrogens with zero attached hydrogens (tertiary/aromatic N) is 2. The average Bonchev–Trinajstić information content (AvgIpc) is 3.03. The van der Waals surface area contributed by atoms with Gasteiger partial charge in [-0.15, -0.1) is 0 Å². The Morgan fingerprint density at radius 1 is 1.30 bits per heavy atom. The Hall–Kier alpha value is -2.08. The number of oxazole rings is 1. The number of hydrogen-bond acceptors (Lipinski definition) is 6. The fourth-order valence-electron chi connectivity index (χ4n) is 2.80. The summed E-state index contributed by atoms with van der Waals surface area (Å²) in [4.78, 5) is 18.6. The molecule has 0 amide bonds. The predicted octanol–water partition coefficient (Wildman–Crippen LogP) is 2.62. The van der Waals surface area contributed by atoms with Crippen molar-refractivity contribution in [1.82, 2.24) is 4.98 Å². The number of piperidine rings is 1. The molecule has 1 aliphatic rings. The van der Waals surface area contributed by atoms with E-state index in [1.807, 2.05) is 24.3 Å². The summed E-state index contributed by atoms with van der Waals surface area (Å²) in [6, 6.07) is 8.37. The van der Waals surface area contributed by atoms with Crippen LogP contribution in [0.4, 0.5) is 6.01 Å². The molecule has 0 aliphatic carbocycles. The number of methoxy groups -OCH3 is 1.